The van der Waals surface area contributed by atoms with E-state index >= 15 is 0 Å². The highest BCUT2D eigenvalue weighted by molar-refractivity contribution is 6.32. The van der Waals surface area contributed by atoms with Crippen molar-refractivity contribution in [1.29, 1.82) is 0 Å². The smallest absolute Gasteiger partial charge is 0.249 e. The fraction of sp³-hybridized carbons (Fsp3) is 0.150. The third-order valence-corrected chi connectivity index (χ3v) is 3.68. The molecule has 2 aromatic rings. The highest BCUT2D eigenvalue weighted by Gasteiger charge is 2.12. The predicted octanol–water partition coefficient (Wildman–Crippen LogP) is 2.98. The number of nitrogens with zero attached hydrogens (tertiary/aromatic N) is 1. The Hall–Kier alpha value is -3.57. The number of rotatable bonds is 8. The van der Waals surface area contributed by atoms with E-state index in [9.17, 15) is 14.0 Å². The van der Waals surface area contributed by atoms with Gasteiger partial charge in [-0.1, -0.05) is 17.5 Å². The SMILES string of the molecule is C#CCOc1c(Cl)cc(C=NNC(=O)CC(=O)Nc2ccc(F)cc2)cc1OC. The van der Waals surface area contributed by atoms with E-state index in [1.807, 2.05) is 0 Å². The van der Waals surface area contributed by atoms with Gasteiger partial charge in [0.15, 0.2) is 11.5 Å². The van der Waals surface area contributed by atoms with E-state index in [0.29, 0.717) is 22.7 Å². The number of carbonyl (C=O) groups is 2. The van der Waals surface area contributed by atoms with Crippen molar-refractivity contribution in [3.8, 4) is 23.8 Å². The summed E-state index contributed by atoms with van der Waals surface area (Å²) in [6.07, 6.45) is 6.03. The second-order valence-electron chi connectivity index (χ2n) is 5.55. The van der Waals surface area contributed by atoms with Crippen LogP contribution in [0.4, 0.5) is 10.1 Å². The van der Waals surface area contributed by atoms with Gasteiger partial charge in [-0.15, -0.1) is 6.42 Å². The quantitative estimate of drug-likeness (QED) is 0.299. The molecule has 0 aliphatic carbocycles. The third kappa shape index (κ3) is 6.83. The van der Waals surface area contributed by atoms with Gasteiger partial charge in [-0.05, 0) is 42.0 Å². The molecule has 0 fully saturated rings. The van der Waals surface area contributed by atoms with Crippen molar-refractivity contribution in [2.45, 2.75) is 6.42 Å². The van der Waals surface area contributed by atoms with Crippen LogP contribution in [0.2, 0.25) is 5.02 Å². The number of hydrazone groups is 1. The Bertz CT molecular complexity index is 955. The molecular formula is C20H17ClFN3O4. The van der Waals surface area contributed by atoms with Crippen LogP contribution in [0, 0.1) is 18.2 Å². The molecule has 9 heteroatoms. The number of benzene rings is 2. The van der Waals surface area contributed by atoms with Crippen LogP contribution in [-0.2, 0) is 9.59 Å². The molecule has 0 saturated carbocycles. The summed E-state index contributed by atoms with van der Waals surface area (Å²) >= 11 is 6.15. The predicted molar refractivity (Wildman–Crippen MR) is 108 cm³/mol. The van der Waals surface area contributed by atoms with Crippen LogP contribution < -0.4 is 20.2 Å². The van der Waals surface area contributed by atoms with E-state index in [4.69, 9.17) is 27.5 Å². The Balaban J connectivity index is 1.92. The molecular weight excluding hydrogens is 401 g/mol. The zero-order valence-corrected chi connectivity index (χ0v) is 16.1. The van der Waals surface area contributed by atoms with E-state index in [2.05, 4.69) is 21.8 Å². The molecule has 0 radical (unpaired) electrons. The molecule has 29 heavy (non-hydrogen) atoms. The van der Waals surface area contributed by atoms with Gasteiger partial charge < -0.3 is 14.8 Å². The van der Waals surface area contributed by atoms with Crippen LogP contribution in [0.3, 0.4) is 0 Å². The Morgan fingerprint density at radius 2 is 2.00 bits per heavy atom. The molecule has 0 bridgehead atoms. The fourth-order valence-corrected chi connectivity index (χ4v) is 2.44. The summed E-state index contributed by atoms with van der Waals surface area (Å²) in [6.45, 7) is 0.0273. The first kappa shape index (κ1) is 21.7. The van der Waals surface area contributed by atoms with Crippen molar-refractivity contribution < 1.29 is 23.5 Å². The number of terminal acetylenes is 1. The van der Waals surface area contributed by atoms with Crippen LogP contribution in [0.1, 0.15) is 12.0 Å². The van der Waals surface area contributed by atoms with Gasteiger partial charge in [-0.25, -0.2) is 9.82 Å². The van der Waals surface area contributed by atoms with E-state index in [0.717, 1.165) is 0 Å². The molecule has 0 atom stereocenters. The van der Waals surface area contributed by atoms with Gasteiger partial charge in [-0.2, -0.15) is 5.10 Å². The van der Waals surface area contributed by atoms with Crippen molar-refractivity contribution in [1.82, 2.24) is 5.43 Å². The zero-order chi connectivity index (χ0) is 21.2. The second-order valence-corrected chi connectivity index (χ2v) is 5.96. The van der Waals surface area contributed by atoms with Crippen molar-refractivity contribution in [3.63, 3.8) is 0 Å². The lowest BCUT2D eigenvalue weighted by Crippen LogP contribution is -2.24. The molecule has 2 amide bonds. The number of amides is 2. The molecule has 0 spiro atoms. The maximum atomic E-state index is 12.8. The largest absolute Gasteiger partial charge is 0.493 e. The molecule has 0 aromatic heterocycles. The molecule has 2 rings (SSSR count). The van der Waals surface area contributed by atoms with Crippen LogP contribution >= 0.6 is 11.6 Å². The third-order valence-electron chi connectivity index (χ3n) is 3.40. The summed E-state index contributed by atoms with van der Waals surface area (Å²) in [6, 6.07) is 8.31. The first-order chi connectivity index (χ1) is 13.9. The van der Waals surface area contributed by atoms with Crippen LogP contribution in [-0.4, -0.2) is 31.7 Å². The van der Waals surface area contributed by atoms with Crippen LogP contribution in [0.5, 0.6) is 11.5 Å². The molecule has 2 N–H and O–H groups in total. The summed E-state index contributed by atoms with van der Waals surface area (Å²) in [5.41, 5.74) is 3.13. The molecule has 150 valence electrons. The lowest BCUT2D eigenvalue weighted by atomic mass is 10.2. The normalized spacial score (nSPS) is 10.3. The number of ether oxygens (including phenoxy) is 2. The Labute approximate surface area is 171 Å². The lowest BCUT2D eigenvalue weighted by molar-refractivity contribution is -0.126. The molecule has 0 aliphatic rings. The van der Waals surface area contributed by atoms with Gasteiger partial charge in [0.2, 0.25) is 11.8 Å². The molecule has 0 heterocycles. The summed E-state index contributed by atoms with van der Waals surface area (Å²) in [5.74, 6) is 1.35. The summed E-state index contributed by atoms with van der Waals surface area (Å²) in [4.78, 5) is 23.6. The molecule has 7 nitrogen and oxygen atoms in total. The first-order valence-electron chi connectivity index (χ1n) is 8.24. The average Bonchev–Trinajstić information content (AvgIpc) is 2.68. The number of hydrogen-bond donors (Lipinski definition) is 2. The number of methoxy groups -OCH3 is 1. The topological polar surface area (TPSA) is 89.0 Å². The maximum absolute atomic E-state index is 12.8. The minimum Gasteiger partial charge on any atom is -0.493 e. The van der Waals surface area contributed by atoms with Gasteiger partial charge >= 0.3 is 0 Å². The van der Waals surface area contributed by atoms with Gasteiger partial charge in [0.25, 0.3) is 0 Å². The van der Waals surface area contributed by atoms with Crippen molar-refractivity contribution in [3.05, 3.63) is 52.8 Å². The molecule has 2 aromatic carbocycles. The van der Waals surface area contributed by atoms with Crippen molar-refractivity contribution in [2.75, 3.05) is 19.0 Å². The molecule has 0 aliphatic heterocycles. The molecule has 0 saturated heterocycles. The van der Waals surface area contributed by atoms with Gasteiger partial charge in [0.05, 0.1) is 18.3 Å². The fourth-order valence-electron chi connectivity index (χ4n) is 2.17. The van der Waals surface area contributed by atoms with E-state index in [1.165, 1.54) is 37.6 Å². The Morgan fingerprint density at radius 1 is 1.28 bits per heavy atom. The molecule has 0 unspecified atom stereocenters. The van der Waals surface area contributed by atoms with Gasteiger partial charge in [0.1, 0.15) is 18.8 Å². The maximum Gasteiger partial charge on any atom is 0.249 e. The summed E-state index contributed by atoms with van der Waals surface area (Å²) in [5, 5.41) is 6.51. The number of hydrogen-bond acceptors (Lipinski definition) is 5. The monoisotopic (exact) mass is 417 g/mol. The highest BCUT2D eigenvalue weighted by Crippen LogP contribution is 2.35. The summed E-state index contributed by atoms with van der Waals surface area (Å²) < 4.78 is 23.4. The van der Waals surface area contributed by atoms with Crippen LogP contribution in [0.25, 0.3) is 0 Å². The number of carbonyl (C=O) groups excluding carboxylic acids is 2. The number of nitrogens with one attached hydrogen (secondary N) is 2. The van der Waals surface area contributed by atoms with Gasteiger partial charge in [0, 0.05) is 5.69 Å². The second kappa shape index (κ2) is 10.7. The number of halogens is 2. The standard InChI is InChI=1S/C20H17ClFN3O4/c1-3-8-29-20-16(21)9-13(10-17(20)28-2)12-23-25-19(27)11-18(26)24-15-6-4-14(22)5-7-15/h1,4-7,9-10,12H,8,11H2,2H3,(H,24,26)(H,25,27). The van der Waals surface area contributed by atoms with Crippen molar-refractivity contribution >= 4 is 35.3 Å². The van der Waals surface area contributed by atoms with E-state index < -0.39 is 24.1 Å². The minimum absolute atomic E-state index is 0.0273. The lowest BCUT2D eigenvalue weighted by Gasteiger charge is -2.11. The highest BCUT2D eigenvalue weighted by atomic mass is 35.5. The van der Waals surface area contributed by atoms with E-state index in [-0.39, 0.29) is 11.6 Å². The summed E-state index contributed by atoms with van der Waals surface area (Å²) in [7, 11) is 1.44. The number of anilines is 1. The zero-order valence-electron chi connectivity index (χ0n) is 15.4. The van der Waals surface area contributed by atoms with Crippen LogP contribution in [0.15, 0.2) is 41.5 Å². The minimum atomic E-state index is -0.632. The van der Waals surface area contributed by atoms with Crippen molar-refractivity contribution in [2.24, 2.45) is 5.10 Å². The average molecular weight is 418 g/mol. The van der Waals surface area contributed by atoms with Gasteiger partial charge in [-0.3, -0.25) is 9.59 Å². The Kier molecular flexibility index (Phi) is 8.00. The Morgan fingerprint density at radius 3 is 2.66 bits per heavy atom. The van der Waals surface area contributed by atoms with E-state index in [1.54, 1.807) is 12.1 Å². The first-order valence-corrected chi connectivity index (χ1v) is 8.62.